The van der Waals surface area contributed by atoms with Crippen molar-refractivity contribution in [1.29, 1.82) is 0 Å². The highest BCUT2D eigenvalue weighted by Gasteiger charge is 2.61. The SMILES string of the molecule is O=C(Cn1c(O)ccc1O)NC1(O)CC2CC3CC(O1)C32. The van der Waals surface area contributed by atoms with Crippen molar-refractivity contribution >= 4 is 5.91 Å². The fraction of sp³-hybridized carbons (Fsp3) is 0.643. The zero-order valence-electron chi connectivity index (χ0n) is 11.4. The molecule has 0 bridgehead atoms. The number of amides is 1. The highest BCUT2D eigenvalue weighted by atomic mass is 16.7. The van der Waals surface area contributed by atoms with Gasteiger partial charge < -0.3 is 25.4 Å². The van der Waals surface area contributed by atoms with Gasteiger partial charge in [0.05, 0.1) is 6.10 Å². The summed E-state index contributed by atoms with van der Waals surface area (Å²) in [6.07, 6.45) is 2.50. The number of aromatic nitrogens is 1. The van der Waals surface area contributed by atoms with Gasteiger partial charge in [0.1, 0.15) is 6.54 Å². The lowest BCUT2D eigenvalue weighted by atomic mass is 9.49. The summed E-state index contributed by atoms with van der Waals surface area (Å²) in [5.74, 6) is -0.852. The molecular weight excluding hydrogens is 276 g/mol. The van der Waals surface area contributed by atoms with Gasteiger partial charge in [-0.05, 0) is 30.6 Å². The molecule has 2 saturated carbocycles. The van der Waals surface area contributed by atoms with Crippen LogP contribution in [0.25, 0.3) is 0 Å². The Hall–Kier alpha value is -1.73. The minimum Gasteiger partial charge on any atom is -0.494 e. The van der Waals surface area contributed by atoms with Gasteiger partial charge in [0.25, 0.3) is 0 Å². The maximum absolute atomic E-state index is 12.0. The van der Waals surface area contributed by atoms with Gasteiger partial charge in [-0.25, -0.2) is 0 Å². The number of nitrogens with one attached hydrogen (secondary N) is 1. The minimum absolute atomic E-state index is 0.0428. The molecule has 7 heteroatoms. The molecule has 5 atom stereocenters. The zero-order valence-corrected chi connectivity index (χ0v) is 11.4. The lowest BCUT2D eigenvalue weighted by Crippen LogP contribution is -2.68. The maximum atomic E-state index is 12.0. The summed E-state index contributed by atoms with van der Waals surface area (Å²) in [5, 5.41) is 31.9. The Morgan fingerprint density at radius 2 is 2.05 bits per heavy atom. The van der Waals surface area contributed by atoms with E-state index < -0.39 is 11.8 Å². The van der Waals surface area contributed by atoms with Crippen molar-refractivity contribution in [2.24, 2.45) is 17.8 Å². The second-order valence-electron chi connectivity index (χ2n) is 6.40. The van der Waals surface area contributed by atoms with Crippen LogP contribution in [0.4, 0.5) is 0 Å². The number of hydrogen-bond donors (Lipinski definition) is 4. The van der Waals surface area contributed by atoms with E-state index >= 15 is 0 Å². The molecule has 4 rings (SSSR count). The number of hydrogen-bond acceptors (Lipinski definition) is 5. The van der Waals surface area contributed by atoms with Gasteiger partial charge in [0.15, 0.2) is 11.8 Å². The number of rotatable bonds is 3. The van der Waals surface area contributed by atoms with E-state index in [0.717, 1.165) is 23.3 Å². The van der Waals surface area contributed by atoms with Crippen LogP contribution in [0.2, 0.25) is 0 Å². The van der Waals surface area contributed by atoms with E-state index in [0.29, 0.717) is 18.3 Å². The highest BCUT2D eigenvalue weighted by Crippen LogP contribution is 2.61. The molecule has 7 nitrogen and oxygen atoms in total. The number of aliphatic hydroxyl groups is 1. The number of aromatic hydroxyl groups is 2. The standard InChI is InChI=1S/C14H18N2O5/c17-10(6-16-11(18)1-2-12(16)19)15-14(20)5-8-3-7-4-9(21-14)13(7)8/h1-2,7-9,13,18-20H,3-6H2,(H,15,17). The largest absolute Gasteiger partial charge is 0.494 e. The molecule has 1 saturated heterocycles. The summed E-state index contributed by atoms with van der Waals surface area (Å²) in [4.78, 5) is 12.0. The van der Waals surface area contributed by atoms with Gasteiger partial charge in [-0.3, -0.25) is 9.36 Å². The molecule has 3 fully saturated rings. The molecule has 0 spiro atoms. The van der Waals surface area contributed by atoms with Gasteiger partial charge >= 0.3 is 0 Å². The molecule has 1 aliphatic heterocycles. The molecule has 3 aliphatic rings. The van der Waals surface area contributed by atoms with E-state index in [1.807, 2.05) is 0 Å². The van der Waals surface area contributed by atoms with Crippen LogP contribution < -0.4 is 5.32 Å². The lowest BCUT2D eigenvalue weighted by Gasteiger charge is -2.63. The van der Waals surface area contributed by atoms with Crippen LogP contribution in [0.1, 0.15) is 19.3 Å². The van der Waals surface area contributed by atoms with Crippen LogP contribution in [-0.4, -0.2) is 37.8 Å². The molecule has 21 heavy (non-hydrogen) atoms. The van der Waals surface area contributed by atoms with E-state index in [-0.39, 0.29) is 24.4 Å². The highest BCUT2D eigenvalue weighted by molar-refractivity contribution is 5.76. The first kappa shape index (κ1) is 13.0. The predicted octanol–water partition coefficient (Wildman–Crippen LogP) is 0.106. The first-order valence-electron chi connectivity index (χ1n) is 7.24. The van der Waals surface area contributed by atoms with Crippen LogP contribution in [0, 0.1) is 17.8 Å². The molecule has 0 aromatic carbocycles. The third kappa shape index (κ3) is 1.91. The van der Waals surface area contributed by atoms with Crippen molar-refractivity contribution in [2.75, 3.05) is 0 Å². The van der Waals surface area contributed by atoms with Gasteiger partial charge in [-0.15, -0.1) is 0 Å². The summed E-state index contributed by atoms with van der Waals surface area (Å²) in [7, 11) is 0. The van der Waals surface area contributed by atoms with Crippen molar-refractivity contribution in [3.63, 3.8) is 0 Å². The monoisotopic (exact) mass is 294 g/mol. The van der Waals surface area contributed by atoms with Gasteiger partial charge in [-0.2, -0.15) is 0 Å². The third-order valence-electron chi connectivity index (χ3n) is 5.11. The Bertz CT molecular complexity index is 563. The predicted molar refractivity (Wildman–Crippen MR) is 70.0 cm³/mol. The Morgan fingerprint density at radius 3 is 2.67 bits per heavy atom. The summed E-state index contributed by atoms with van der Waals surface area (Å²) < 4.78 is 6.66. The summed E-state index contributed by atoms with van der Waals surface area (Å²) in [6.45, 7) is -0.280. The molecule has 2 aliphatic carbocycles. The number of carbonyl (C=O) groups excluding carboxylic acids is 1. The fourth-order valence-corrected chi connectivity index (χ4v) is 4.10. The summed E-state index contributed by atoms with van der Waals surface area (Å²) >= 11 is 0. The van der Waals surface area contributed by atoms with Crippen molar-refractivity contribution in [3.05, 3.63) is 12.1 Å². The van der Waals surface area contributed by atoms with Crippen LogP contribution in [0.5, 0.6) is 11.8 Å². The maximum Gasteiger partial charge on any atom is 0.249 e. The van der Waals surface area contributed by atoms with Crippen molar-refractivity contribution in [3.8, 4) is 11.8 Å². The summed E-state index contributed by atoms with van der Waals surface area (Å²) in [5.41, 5.74) is 0. The minimum atomic E-state index is -1.63. The van der Waals surface area contributed by atoms with E-state index in [2.05, 4.69) is 5.32 Å². The molecule has 0 radical (unpaired) electrons. The Morgan fingerprint density at radius 1 is 1.33 bits per heavy atom. The first-order chi connectivity index (χ1) is 9.95. The van der Waals surface area contributed by atoms with Crippen molar-refractivity contribution < 1.29 is 24.9 Å². The van der Waals surface area contributed by atoms with Gasteiger partial charge in [-0.1, -0.05) is 0 Å². The quantitative estimate of drug-likeness (QED) is 0.592. The molecule has 1 aromatic heterocycles. The summed E-state index contributed by atoms with van der Waals surface area (Å²) in [6, 6.07) is 2.59. The van der Waals surface area contributed by atoms with Crippen LogP contribution in [0.3, 0.4) is 0 Å². The number of carbonyl (C=O) groups is 1. The second-order valence-corrected chi connectivity index (χ2v) is 6.40. The Labute approximate surface area is 121 Å². The van der Waals surface area contributed by atoms with Gasteiger partial charge in [0.2, 0.25) is 11.8 Å². The Balaban J connectivity index is 1.42. The van der Waals surface area contributed by atoms with Crippen LogP contribution in [0.15, 0.2) is 12.1 Å². The molecule has 114 valence electrons. The third-order valence-corrected chi connectivity index (χ3v) is 5.11. The molecule has 1 amide bonds. The fourth-order valence-electron chi connectivity index (χ4n) is 4.10. The molecule has 4 N–H and O–H groups in total. The zero-order chi connectivity index (χ0) is 14.8. The average Bonchev–Trinajstić information content (AvgIpc) is 2.65. The smallest absolute Gasteiger partial charge is 0.249 e. The number of ether oxygens (including phenoxy) is 1. The topological polar surface area (TPSA) is 104 Å². The lowest BCUT2D eigenvalue weighted by molar-refractivity contribution is -0.353. The van der Waals surface area contributed by atoms with E-state index in [1.165, 1.54) is 12.1 Å². The molecule has 5 unspecified atom stereocenters. The normalized spacial score (nSPS) is 39.9. The Kier molecular flexibility index (Phi) is 2.56. The van der Waals surface area contributed by atoms with Crippen LogP contribution >= 0.6 is 0 Å². The van der Waals surface area contributed by atoms with Crippen LogP contribution in [-0.2, 0) is 16.1 Å². The molecular formula is C14H18N2O5. The van der Waals surface area contributed by atoms with E-state index in [4.69, 9.17) is 4.74 Å². The second kappa shape index (κ2) is 4.14. The van der Waals surface area contributed by atoms with E-state index in [1.54, 1.807) is 0 Å². The molecule has 1 aromatic rings. The van der Waals surface area contributed by atoms with E-state index in [9.17, 15) is 20.1 Å². The van der Waals surface area contributed by atoms with Crippen molar-refractivity contribution in [2.45, 2.75) is 37.8 Å². The average molecular weight is 294 g/mol. The van der Waals surface area contributed by atoms with Crippen molar-refractivity contribution in [1.82, 2.24) is 9.88 Å². The molecule has 2 heterocycles. The van der Waals surface area contributed by atoms with Gasteiger partial charge in [0, 0.05) is 18.6 Å². The number of nitrogens with zero attached hydrogens (tertiary/aromatic N) is 1. The first-order valence-corrected chi connectivity index (χ1v) is 7.24.